The van der Waals surface area contributed by atoms with Gasteiger partial charge >= 0.3 is 5.97 Å². The zero-order valence-electron chi connectivity index (χ0n) is 32.6. The van der Waals surface area contributed by atoms with E-state index >= 15 is 4.39 Å². The third-order valence-electron chi connectivity index (χ3n) is 10.2. The molecule has 4 rings (SSSR count). The number of carbonyl (C=O) groups excluding carboxylic acids is 1. The quantitative estimate of drug-likeness (QED) is 0.0777. The Morgan fingerprint density at radius 3 is 1.46 bits per heavy atom. The van der Waals surface area contributed by atoms with Crippen LogP contribution in [0.25, 0.3) is 83.5 Å². The molecule has 2 saturated carbocycles. The van der Waals surface area contributed by atoms with Crippen molar-refractivity contribution in [3.8, 4) is 0 Å². The largest absolute Gasteiger partial charge is 0.459 e. The van der Waals surface area contributed by atoms with Gasteiger partial charge in [0.2, 0.25) is 0 Å². The number of hydrogen-bond acceptors (Lipinski definition) is 18. The minimum absolute atomic E-state index is 0.176. The summed E-state index contributed by atoms with van der Waals surface area (Å²) < 4.78 is 57.1. The summed E-state index contributed by atoms with van der Waals surface area (Å²) in [6.07, 6.45) is -21.0. The van der Waals surface area contributed by atoms with E-state index in [1.54, 1.807) is 0 Å². The van der Waals surface area contributed by atoms with Crippen LogP contribution < -0.4 is 0 Å². The molecule has 4 aliphatic rings. The second-order valence-corrected chi connectivity index (χ2v) is 13.8. The number of halogens is 2. The Hall–Kier alpha value is -6.51. The number of alkyl halides is 2. The highest BCUT2D eigenvalue weighted by molar-refractivity contribution is 5.66. The lowest BCUT2D eigenvalue weighted by Gasteiger charge is -2.45. The Bertz CT molecular complexity index is 1990. The van der Waals surface area contributed by atoms with Gasteiger partial charge in [0.05, 0.1) is 67.8 Å². The molecule has 0 bridgehead atoms. The molecule has 0 aromatic rings. The third-order valence-corrected chi connectivity index (χ3v) is 10.2. The summed E-state index contributed by atoms with van der Waals surface area (Å²) >= 11 is 0. The van der Waals surface area contributed by atoms with Crippen LogP contribution in [-0.2, 0) is 28.5 Å². The maximum Gasteiger partial charge on any atom is 0.303 e. The summed E-state index contributed by atoms with van der Waals surface area (Å²) in [6, 6.07) is -7.73. The number of ether oxygens (including phenoxy) is 5. The molecule has 340 valence electrons. The topological polar surface area (TPSA) is 534 Å². The standard InChI is InChI=1S/C15H21FN12O5.C12H17FN12O5/c1-5-9(4-21-25-17)32-15(11(10(5)16)24-28-20)33-14-8(23-27-19)3-7(22-26-18)13(12(14)30)31-6(2)29;13-6-7(21-25-17)12(29-5(9(6)27)2-18-22-14)30-11-4(20-24-16)1-3(19-23-15)8(26)10(11)28/h5,7-15,30H,3-4H2,1-2H3;3-12,26-28H,1-2H2/t5-,7+,8-,9+,10-,11+,12+,13-,14+,15+;3-,4+,5-,6-,7-,8+,9+,10-,11-,12-/m01/s1. The maximum absolute atomic E-state index is 15.0. The highest BCUT2D eigenvalue weighted by Gasteiger charge is 2.52. The van der Waals surface area contributed by atoms with E-state index in [2.05, 4.69) is 80.2 Å². The van der Waals surface area contributed by atoms with E-state index < -0.39 is 135 Å². The number of hydrogen-bond donors (Lipinski definition) is 4. The lowest BCUT2D eigenvalue weighted by atomic mass is 9.84. The molecule has 0 unspecified atom stereocenters. The number of aliphatic hydroxyl groups is 4. The molecular formula is C27H38F2N24O10. The van der Waals surface area contributed by atoms with E-state index in [-0.39, 0.29) is 19.4 Å². The van der Waals surface area contributed by atoms with Crippen molar-refractivity contribution in [2.24, 2.45) is 46.8 Å². The summed E-state index contributed by atoms with van der Waals surface area (Å²) in [6.45, 7) is 1.82. The second-order valence-electron chi connectivity index (χ2n) is 13.8. The van der Waals surface area contributed by atoms with Crippen LogP contribution in [0.2, 0.25) is 0 Å². The van der Waals surface area contributed by atoms with Crippen LogP contribution in [-0.4, -0.2) is 156 Å². The molecule has 0 spiro atoms. The minimum Gasteiger partial charge on any atom is -0.459 e. The van der Waals surface area contributed by atoms with Gasteiger partial charge in [0.15, 0.2) is 12.6 Å². The SMILES string of the molecule is CC(=O)O[C@@H]1[C@@H](O)[C@H](O[C@H]2O[C@H](CN=[N+]=[N-])[C@H](C)[C@H](F)[C@H]2N=[N+]=[N-])[C@@H](N=[N+]=[N-])C[C@H]1N=[N+]=[N-].[N-]=[N+]=NC[C@H]1O[C@H](O[C@H]2[C@H](O)[C@@H](O)[C@H](N=[N+]=[N-])C[C@@H]2N=[N+]=[N-])[C@H](N=[N+]=[N-])[C@@H](F)[C@H]1O. The van der Waals surface area contributed by atoms with Gasteiger partial charge in [-0.3, -0.25) is 4.79 Å². The van der Waals surface area contributed by atoms with Gasteiger partial charge < -0.3 is 44.1 Å². The predicted molar refractivity (Wildman–Crippen MR) is 200 cm³/mol. The zero-order valence-corrected chi connectivity index (χ0v) is 32.6. The number of carbonyl (C=O) groups is 1. The van der Waals surface area contributed by atoms with Gasteiger partial charge in [-0.15, -0.1) is 0 Å². The molecule has 0 aromatic heterocycles. The average Bonchev–Trinajstić information content (AvgIpc) is 3.25. The molecule has 2 aliphatic heterocycles. The molecule has 36 heteroatoms. The van der Waals surface area contributed by atoms with Crippen LogP contribution in [0.5, 0.6) is 0 Å². The summed E-state index contributed by atoms with van der Waals surface area (Å²) in [7, 11) is 0. The summed E-state index contributed by atoms with van der Waals surface area (Å²) in [5.74, 6) is -1.62. The molecule has 2 saturated heterocycles. The van der Waals surface area contributed by atoms with Gasteiger partial charge in [0.25, 0.3) is 0 Å². The van der Waals surface area contributed by atoms with E-state index in [1.807, 2.05) is 0 Å². The first-order chi connectivity index (χ1) is 30.2. The van der Waals surface area contributed by atoms with Crippen LogP contribution in [0.15, 0.2) is 40.9 Å². The van der Waals surface area contributed by atoms with Crippen molar-refractivity contribution < 1.29 is 57.7 Å². The van der Waals surface area contributed by atoms with Crippen molar-refractivity contribution in [1.82, 2.24) is 0 Å². The molecule has 2 heterocycles. The van der Waals surface area contributed by atoms with E-state index in [9.17, 15) is 29.6 Å². The van der Waals surface area contributed by atoms with Crippen molar-refractivity contribution in [3.05, 3.63) is 83.5 Å². The fraction of sp³-hybridized carbons (Fsp3) is 0.963. The molecule has 0 amide bonds. The number of aliphatic hydroxyl groups excluding tert-OH is 4. The fourth-order valence-corrected chi connectivity index (χ4v) is 7.15. The molecule has 34 nitrogen and oxygen atoms in total. The van der Waals surface area contributed by atoms with Gasteiger partial charge in [0.1, 0.15) is 48.8 Å². The monoisotopic (exact) mass is 896 g/mol. The van der Waals surface area contributed by atoms with Gasteiger partial charge in [-0.05, 0) is 57.1 Å². The van der Waals surface area contributed by atoms with Crippen LogP contribution >= 0.6 is 0 Å². The molecule has 63 heavy (non-hydrogen) atoms. The normalized spacial score (nSPS) is 39.2. The Morgan fingerprint density at radius 1 is 0.571 bits per heavy atom. The first-order valence-corrected chi connectivity index (χ1v) is 18.2. The Balaban J connectivity index is 0.000000337. The number of azide groups is 8. The van der Waals surface area contributed by atoms with Gasteiger partial charge in [-0.1, -0.05) is 47.8 Å². The highest BCUT2D eigenvalue weighted by Crippen LogP contribution is 2.37. The fourth-order valence-electron chi connectivity index (χ4n) is 7.15. The number of esters is 1. The number of nitrogens with zero attached hydrogens (tertiary/aromatic N) is 24. The van der Waals surface area contributed by atoms with Crippen LogP contribution in [0.1, 0.15) is 26.7 Å². The molecule has 2 aliphatic carbocycles. The Morgan fingerprint density at radius 2 is 0.984 bits per heavy atom. The molecule has 4 N–H and O–H groups in total. The van der Waals surface area contributed by atoms with Crippen molar-refractivity contribution in [1.29, 1.82) is 0 Å². The molecule has 0 aromatic carbocycles. The highest BCUT2D eigenvalue weighted by atomic mass is 19.1. The van der Waals surface area contributed by atoms with Crippen LogP contribution in [0, 0.1) is 5.92 Å². The molecular weight excluding hydrogens is 858 g/mol. The number of rotatable bonds is 15. The van der Waals surface area contributed by atoms with Crippen molar-refractivity contribution in [3.63, 3.8) is 0 Å². The first-order valence-electron chi connectivity index (χ1n) is 18.2. The van der Waals surface area contributed by atoms with E-state index in [4.69, 9.17) is 67.9 Å². The molecule has 0 radical (unpaired) electrons. The second kappa shape index (κ2) is 24.8. The minimum atomic E-state index is -2.18. The van der Waals surface area contributed by atoms with Crippen LogP contribution in [0.3, 0.4) is 0 Å². The van der Waals surface area contributed by atoms with Crippen molar-refractivity contribution in [2.75, 3.05) is 13.1 Å². The summed E-state index contributed by atoms with van der Waals surface area (Å²) in [5.41, 5.74) is 69.7. The van der Waals surface area contributed by atoms with Gasteiger partial charge in [-0.25, -0.2) is 8.78 Å². The Kier molecular flexibility index (Phi) is 20.0. The van der Waals surface area contributed by atoms with E-state index in [0.29, 0.717) is 0 Å². The van der Waals surface area contributed by atoms with Crippen molar-refractivity contribution in [2.45, 2.75) is 143 Å². The predicted octanol–water partition coefficient (Wildman–Crippen LogP) is 4.38. The maximum atomic E-state index is 15.0. The van der Waals surface area contributed by atoms with Gasteiger partial charge in [-0.2, -0.15) is 0 Å². The summed E-state index contributed by atoms with van der Waals surface area (Å²) in [5, 5.41) is 68.4. The zero-order chi connectivity index (χ0) is 46.8. The van der Waals surface area contributed by atoms with E-state index in [1.165, 1.54) is 6.92 Å². The molecule has 4 fully saturated rings. The lowest BCUT2D eigenvalue weighted by Crippen LogP contribution is -2.61. The van der Waals surface area contributed by atoms with Gasteiger partial charge in [0, 0.05) is 52.1 Å². The molecule has 20 atom stereocenters. The van der Waals surface area contributed by atoms with Crippen LogP contribution in [0.4, 0.5) is 8.78 Å². The van der Waals surface area contributed by atoms with Crippen molar-refractivity contribution >= 4 is 5.97 Å². The summed E-state index contributed by atoms with van der Waals surface area (Å²) in [4.78, 5) is 32.2. The smallest absolute Gasteiger partial charge is 0.303 e. The lowest BCUT2D eigenvalue weighted by molar-refractivity contribution is -0.280. The third kappa shape index (κ3) is 12.8. The van der Waals surface area contributed by atoms with E-state index in [0.717, 1.165) is 6.92 Å². The average molecular weight is 897 g/mol. The Labute approximate surface area is 350 Å². The first kappa shape index (κ1) is 50.8.